The number of nitrogens with zero attached hydrogens (tertiary/aromatic N) is 3. The van der Waals surface area contributed by atoms with Gasteiger partial charge in [0.1, 0.15) is 0 Å². The summed E-state index contributed by atoms with van der Waals surface area (Å²) in [6.45, 7) is 0.897. The van der Waals surface area contributed by atoms with Gasteiger partial charge in [0.05, 0.1) is 12.1 Å². The number of likely N-dealkylation sites (N-methyl/N-ethyl adjacent to an activating group) is 3. The van der Waals surface area contributed by atoms with Gasteiger partial charge in [0.2, 0.25) is 0 Å². The molecule has 0 N–H and O–H groups in total. The van der Waals surface area contributed by atoms with Crippen LogP contribution < -0.4 is 4.90 Å². The summed E-state index contributed by atoms with van der Waals surface area (Å²) in [5, 5.41) is 0. The number of para-hydroxylation sites is 1. The van der Waals surface area contributed by atoms with Crippen molar-refractivity contribution in [3.05, 3.63) is 29.8 Å². The number of hydrogen-bond donors (Lipinski definition) is 0. The smallest absolute Gasteiger partial charge is 0.320 e. The average molecular weight is 231 g/mol. The van der Waals surface area contributed by atoms with Crippen LogP contribution in [-0.4, -0.2) is 49.6 Å². The van der Waals surface area contributed by atoms with Crippen molar-refractivity contribution < 1.29 is 4.79 Å². The Kier molecular flexibility index (Phi) is 2.08. The first kappa shape index (κ1) is 10.4. The Balaban J connectivity index is 2.13. The van der Waals surface area contributed by atoms with E-state index in [9.17, 15) is 4.79 Å². The zero-order chi connectivity index (χ0) is 12.2. The van der Waals surface area contributed by atoms with E-state index in [1.165, 1.54) is 11.3 Å². The van der Waals surface area contributed by atoms with Crippen molar-refractivity contribution in [1.82, 2.24) is 9.80 Å². The van der Waals surface area contributed by atoms with E-state index in [1.54, 1.807) is 0 Å². The third-order valence-electron chi connectivity index (χ3n) is 4.01. The van der Waals surface area contributed by atoms with Crippen LogP contribution in [-0.2, 0) is 0 Å². The van der Waals surface area contributed by atoms with Gasteiger partial charge in [0, 0.05) is 38.9 Å². The maximum Gasteiger partial charge on any atom is 0.320 e. The van der Waals surface area contributed by atoms with E-state index in [0.29, 0.717) is 0 Å². The Morgan fingerprint density at radius 2 is 1.82 bits per heavy atom. The number of fused-ring (bicyclic) bond motifs is 3. The SMILES string of the molecule is CN1C[C@H]2[C@@H](c3ccccc31)N(C)C(=O)N2C. The lowest BCUT2D eigenvalue weighted by Crippen LogP contribution is -2.44. The predicted molar refractivity (Wildman–Crippen MR) is 67.2 cm³/mol. The maximum atomic E-state index is 12.0. The third-order valence-corrected chi connectivity index (χ3v) is 4.01. The molecule has 4 heteroatoms. The van der Waals surface area contributed by atoms with Crippen LogP contribution in [0.1, 0.15) is 11.6 Å². The summed E-state index contributed by atoms with van der Waals surface area (Å²) in [6, 6.07) is 8.92. The Bertz CT molecular complexity index is 473. The molecule has 0 spiro atoms. The normalized spacial score (nSPS) is 27.2. The molecule has 0 aromatic heterocycles. The van der Waals surface area contributed by atoms with E-state index in [0.717, 1.165) is 6.54 Å². The molecule has 2 amide bonds. The zero-order valence-electron chi connectivity index (χ0n) is 10.4. The van der Waals surface area contributed by atoms with Crippen molar-refractivity contribution in [2.24, 2.45) is 0 Å². The minimum atomic E-state index is 0.116. The number of carbonyl (C=O) groups is 1. The quantitative estimate of drug-likeness (QED) is 0.677. The van der Waals surface area contributed by atoms with Crippen molar-refractivity contribution >= 4 is 11.7 Å². The third kappa shape index (κ3) is 1.27. The molecule has 3 rings (SSSR count). The first-order chi connectivity index (χ1) is 8.11. The van der Waals surface area contributed by atoms with Crippen LogP contribution in [0.25, 0.3) is 0 Å². The van der Waals surface area contributed by atoms with E-state index in [-0.39, 0.29) is 18.1 Å². The first-order valence-electron chi connectivity index (χ1n) is 5.91. The highest BCUT2D eigenvalue weighted by atomic mass is 16.2. The molecule has 2 aliphatic heterocycles. The monoisotopic (exact) mass is 231 g/mol. The molecule has 0 saturated carbocycles. The lowest BCUT2D eigenvalue weighted by Gasteiger charge is -2.38. The first-order valence-corrected chi connectivity index (χ1v) is 5.91. The van der Waals surface area contributed by atoms with E-state index in [2.05, 4.69) is 30.1 Å². The number of hydrogen-bond acceptors (Lipinski definition) is 2. The van der Waals surface area contributed by atoms with Crippen LogP contribution in [0.15, 0.2) is 24.3 Å². The standard InChI is InChI=1S/C13H17N3O/c1-14-8-11-12(16(3)13(17)15(11)2)9-6-4-5-7-10(9)14/h4-7,11-12H,8H2,1-3H3/t11-,12+/m0/s1. The number of carbonyl (C=O) groups excluding carboxylic acids is 1. The van der Waals surface area contributed by atoms with Gasteiger partial charge < -0.3 is 14.7 Å². The number of anilines is 1. The van der Waals surface area contributed by atoms with Gasteiger partial charge in [-0.1, -0.05) is 18.2 Å². The number of rotatable bonds is 0. The van der Waals surface area contributed by atoms with Crippen LogP contribution >= 0.6 is 0 Å². The molecule has 0 unspecified atom stereocenters. The van der Waals surface area contributed by atoms with Gasteiger partial charge >= 0.3 is 6.03 Å². The number of amides is 2. The Morgan fingerprint density at radius 3 is 2.59 bits per heavy atom. The van der Waals surface area contributed by atoms with Crippen molar-refractivity contribution in [2.45, 2.75) is 12.1 Å². The van der Waals surface area contributed by atoms with Crippen molar-refractivity contribution in [2.75, 3.05) is 32.6 Å². The molecule has 0 bridgehead atoms. The minimum absolute atomic E-state index is 0.116. The van der Waals surface area contributed by atoms with Gasteiger partial charge in [-0.15, -0.1) is 0 Å². The summed E-state index contributed by atoms with van der Waals surface area (Å²) in [6.07, 6.45) is 0. The Labute approximate surface area is 101 Å². The van der Waals surface area contributed by atoms with Gasteiger partial charge in [0.15, 0.2) is 0 Å². The van der Waals surface area contributed by atoms with Gasteiger partial charge in [-0.2, -0.15) is 0 Å². The average Bonchev–Trinajstić information content (AvgIpc) is 2.55. The lowest BCUT2D eigenvalue weighted by atomic mass is 9.93. The van der Waals surface area contributed by atoms with Crippen LogP contribution in [0.4, 0.5) is 10.5 Å². The highest BCUT2D eigenvalue weighted by Gasteiger charge is 2.46. The largest absolute Gasteiger partial charge is 0.372 e. The molecule has 2 aliphatic rings. The fourth-order valence-corrected chi connectivity index (χ4v) is 3.08. The predicted octanol–water partition coefficient (Wildman–Crippen LogP) is 1.54. The fourth-order valence-electron chi connectivity index (χ4n) is 3.08. The summed E-state index contributed by atoms with van der Waals surface area (Å²) in [7, 11) is 5.88. The molecule has 1 aromatic carbocycles. The van der Waals surface area contributed by atoms with Crippen molar-refractivity contribution in [3.63, 3.8) is 0 Å². The van der Waals surface area contributed by atoms with Crippen LogP contribution in [0.5, 0.6) is 0 Å². The molecular formula is C13H17N3O. The second-order valence-electron chi connectivity index (χ2n) is 4.96. The van der Waals surface area contributed by atoms with E-state index < -0.39 is 0 Å². The molecule has 0 radical (unpaired) electrons. The van der Waals surface area contributed by atoms with E-state index in [4.69, 9.17) is 0 Å². The molecule has 1 aromatic rings. The second kappa shape index (κ2) is 3.39. The molecular weight excluding hydrogens is 214 g/mol. The van der Waals surface area contributed by atoms with Gasteiger partial charge in [0.25, 0.3) is 0 Å². The van der Waals surface area contributed by atoms with Gasteiger partial charge in [-0.05, 0) is 6.07 Å². The molecule has 2 atom stereocenters. The molecule has 1 saturated heterocycles. The van der Waals surface area contributed by atoms with Crippen LogP contribution in [0.2, 0.25) is 0 Å². The summed E-state index contributed by atoms with van der Waals surface area (Å²) in [5.41, 5.74) is 2.50. The van der Waals surface area contributed by atoms with E-state index >= 15 is 0 Å². The molecule has 90 valence electrons. The lowest BCUT2D eigenvalue weighted by molar-refractivity contribution is 0.200. The number of urea groups is 1. The van der Waals surface area contributed by atoms with Gasteiger partial charge in [-0.25, -0.2) is 4.79 Å². The highest BCUT2D eigenvalue weighted by Crippen LogP contribution is 2.41. The van der Waals surface area contributed by atoms with Crippen molar-refractivity contribution in [1.29, 1.82) is 0 Å². The van der Waals surface area contributed by atoms with Crippen LogP contribution in [0.3, 0.4) is 0 Å². The summed E-state index contributed by atoms with van der Waals surface area (Å²) < 4.78 is 0. The van der Waals surface area contributed by atoms with Crippen molar-refractivity contribution in [3.8, 4) is 0 Å². The Hall–Kier alpha value is -1.71. The van der Waals surface area contributed by atoms with E-state index in [1.807, 2.05) is 30.0 Å². The number of benzene rings is 1. The molecule has 1 fully saturated rings. The molecule has 2 heterocycles. The summed E-state index contributed by atoms with van der Waals surface area (Å²) in [4.78, 5) is 18.0. The fraction of sp³-hybridized carbons (Fsp3) is 0.462. The maximum absolute atomic E-state index is 12.0. The van der Waals surface area contributed by atoms with Gasteiger partial charge in [-0.3, -0.25) is 0 Å². The summed E-state index contributed by atoms with van der Waals surface area (Å²) in [5.74, 6) is 0. The Morgan fingerprint density at radius 1 is 1.12 bits per heavy atom. The molecule has 17 heavy (non-hydrogen) atoms. The zero-order valence-corrected chi connectivity index (χ0v) is 10.4. The topological polar surface area (TPSA) is 26.8 Å². The molecule has 4 nitrogen and oxygen atoms in total. The highest BCUT2D eigenvalue weighted by molar-refractivity contribution is 5.79. The summed E-state index contributed by atoms with van der Waals surface area (Å²) >= 11 is 0. The van der Waals surface area contributed by atoms with Crippen LogP contribution in [0, 0.1) is 0 Å². The minimum Gasteiger partial charge on any atom is -0.372 e. The second-order valence-corrected chi connectivity index (χ2v) is 4.96. The molecule has 0 aliphatic carbocycles.